The molecule has 0 amide bonds. The molecule has 7 nitrogen and oxygen atoms in total. The van der Waals surface area contributed by atoms with Gasteiger partial charge in [0.2, 0.25) is 5.95 Å². The Morgan fingerprint density at radius 2 is 1.93 bits per heavy atom. The monoisotopic (exact) mass is 424 g/mol. The van der Waals surface area contributed by atoms with Crippen LogP contribution >= 0.6 is 11.6 Å². The van der Waals surface area contributed by atoms with E-state index in [1.165, 1.54) is 18.5 Å². The van der Waals surface area contributed by atoms with Crippen molar-refractivity contribution in [3.8, 4) is 5.75 Å². The van der Waals surface area contributed by atoms with Crippen LogP contribution in [0.3, 0.4) is 0 Å². The lowest BCUT2D eigenvalue weighted by Gasteiger charge is -2.15. The zero-order chi connectivity index (χ0) is 20.9. The molecule has 152 valence electrons. The summed E-state index contributed by atoms with van der Waals surface area (Å²) in [6.45, 7) is 2.41. The molecular weight excluding hydrogens is 407 g/mol. The van der Waals surface area contributed by atoms with Crippen molar-refractivity contribution in [2.45, 2.75) is 13.0 Å². The zero-order valence-corrected chi connectivity index (χ0v) is 16.8. The van der Waals surface area contributed by atoms with Gasteiger partial charge in [-0.15, -0.1) is 0 Å². The average molecular weight is 425 g/mol. The smallest absolute Gasteiger partial charge is 0.223 e. The molecule has 2 N–H and O–H groups in total. The van der Waals surface area contributed by atoms with E-state index < -0.39 is 5.82 Å². The fourth-order valence-corrected chi connectivity index (χ4v) is 2.91. The molecular formula is C21H18ClFN6O. The lowest BCUT2D eigenvalue weighted by atomic mass is 10.3. The lowest BCUT2D eigenvalue weighted by molar-refractivity contribution is 0.303. The van der Waals surface area contributed by atoms with Gasteiger partial charge in [0.1, 0.15) is 35.5 Å². The van der Waals surface area contributed by atoms with Gasteiger partial charge in [-0.2, -0.15) is 0 Å². The van der Waals surface area contributed by atoms with Gasteiger partial charge >= 0.3 is 0 Å². The molecule has 0 saturated heterocycles. The second kappa shape index (κ2) is 8.87. The van der Waals surface area contributed by atoms with Crippen LogP contribution < -0.4 is 15.4 Å². The van der Waals surface area contributed by atoms with Crippen LogP contribution in [0.5, 0.6) is 5.75 Å². The van der Waals surface area contributed by atoms with E-state index in [2.05, 4.69) is 30.6 Å². The third kappa shape index (κ3) is 4.72. The minimum Gasteiger partial charge on any atom is -0.491 e. The molecule has 0 spiro atoms. The largest absolute Gasteiger partial charge is 0.491 e. The van der Waals surface area contributed by atoms with Crippen LogP contribution in [0.15, 0.2) is 61.1 Å². The van der Waals surface area contributed by atoms with E-state index in [0.29, 0.717) is 35.1 Å². The molecule has 30 heavy (non-hydrogen) atoms. The number of nitrogens with one attached hydrogen (secondary N) is 2. The highest BCUT2D eigenvalue weighted by Crippen LogP contribution is 2.25. The number of aromatic nitrogens is 4. The number of para-hydroxylation sites is 1. The molecule has 1 atom stereocenters. The number of hydrogen-bond acceptors (Lipinski definition) is 7. The molecule has 1 unspecified atom stereocenters. The van der Waals surface area contributed by atoms with Gasteiger partial charge in [-0.05, 0) is 37.3 Å². The summed E-state index contributed by atoms with van der Waals surface area (Å²) in [4.78, 5) is 17.3. The Kier molecular flexibility index (Phi) is 5.85. The highest BCUT2D eigenvalue weighted by molar-refractivity contribution is 6.31. The number of ether oxygens (including phenoxy) is 1. The molecule has 0 fully saturated rings. The first-order valence-corrected chi connectivity index (χ1v) is 9.60. The van der Waals surface area contributed by atoms with Crippen LogP contribution in [0.2, 0.25) is 5.02 Å². The maximum absolute atomic E-state index is 13.4. The molecule has 0 radical (unpaired) electrons. The third-order valence-corrected chi connectivity index (χ3v) is 4.47. The summed E-state index contributed by atoms with van der Waals surface area (Å²) in [6.07, 6.45) is 3.02. The van der Waals surface area contributed by atoms with Gasteiger partial charge in [-0.25, -0.2) is 24.3 Å². The van der Waals surface area contributed by atoms with Gasteiger partial charge in [0.15, 0.2) is 5.82 Å². The molecule has 2 heterocycles. The molecule has 0 bridgehead atoms. The van der Waals surface area contributed by atoms with Crippen molar-refractivity contribution in [2.24, 2.45) is 0 Å². The number of fused-ring (bicyclic) bond motifs is 1. The van der Waals surface area contributed by atoms with Crippen molar-refractivity contribution in [2.75, 3.05) is 17.2 Å². The molecule has 4 rings (SSSR count). The Morgan fingerprint density at radius 3 is 2.73 bits per heavy atom. The SMILES string of the molecule is CC(COc1ccccc1)Nc1ncc2ncnc(Nc3ccc(F)c(Cl)c3)c2n1. The standard InChI is InChI=1S/C21H18ClFN6O/c1-13(11-30-15-5-3-2-4-6-15)27-21-24-10-18-19(29-21)20(26-12-25-18)28-14-7-8-17(23)16(22)9-14/h2-10,12-13H,11H2,1H3,(H,24,27,29)(H,25,26,28). The summed E-state index contributed by atoms with van der Waals surface area (Å²) in [7, 11) is 0. The molecule has 9 heteroatoms. The molecule has 0 aliphatic heterocycles. The first-order chi connectivity index (χ1) is 14.6. The minimum atomic E-state index is -0.490. The summed E-state index contributed by atoms with van der Waals surface area (Å²) >= 11 is 5.86. The minimum absolute atomic E-state index is 0.0163. The van der Waals surface area contributed by atoms with E-state index in [1.807, 2.05) is 37.3 Å². The zero-order valence-electron chi connectivity index (χ0n) is 16.0. The quantitative estimate of drug-likeness (QED) is 0.439. The Hall–Kier alpha value is -3.52. The van der Waals surface area contributed by atoms with Crippen molar-refractivity contribution in [3.63, 3.8) is 0 Å². The summed E-state index contributed by atoms with van der Waals surface area (Å²) in [6, 6.07) is 13.9. The van der Waals surface area contributed by atoms with E-state index in [-0.39, 0.29) is 11.1 Å². The lowest BCUT2D eigenvalue weighted by Crippen LogP contribution is -2.24. The number of benzene rings is 2. The fraction of sp³-hybridized carbons (Fsp3) is 0.143. The maximum Gasteiger partial charge on any atom is 0.223 e. The topological polar surface area (TPSA) is 84.8 Å². The molecule has 4 aromatic rings. The number of nitrogens with zero attached hydrogens (tertiary/aromatic N) is 4. The van der Waals surface area contributed by atoms with Crippen molar-refractivity contribution in [3.05, 3.63) is 71.9 Å². The van der Waals surface area contributed by atoms with Crippen molar-refractivity contribution < 1.29 is 9.13 Å². The van der Waals surface area contributed by atoms with Crippen molar-refractivity contribution >= 4 is 40.1 Å². The number of anilines is 3. The second-order valence-corrected chi connectivity index (χ2v) is 6.98. The summed E-state index contributed by atoms with van der Waals surface area (Å²) in [5, 5.41) is 6.32. The van der Waals surface area contributed by atoms with Crippen LogP contribution in [-0.2, 0) is 0 Å². The highest BCUT2D eigenvalue weighted by Gasteiger charge is 2.11. The van der Waals surface area contributed by atoms with Crippen LogP contribution in [0.1, 0.15) is 6.92 Å². The van der Waals surface area contributed by atoms with Gasteiger partial charge in [0.05, 0.1) is 17.3 Å². The van der Waals surface area contributed by atoms with Crippen LogP contribution in [-0.4, -0.2) is 32.6 Å². The van der Waals surface area contributed by atoms with Crippen LogP contribution in [0, 0.1) is 5.82 Å². The van der Waals surface area contributed by atoms with E-state index >= 15 is 0 Å². The molecule has 0 aliphatic carbocycles. The molecule has 0 aliphatic rings. The van der Waals surface area contributed by atoms with E-state index in [1.54, 1.807) is 12.3 Å². The first kappa shape index (κ1) is 19.8. The van der Waals surface area contributed by atoms with E-state index in [4.69, 9.17) is 16.3 Å². The summed E-state index contributed by atoms with van der Waals surface area (Å²) in [5.74, 6) is 1.18. The normalized spacial score (nSPS) is 11.8. The Morgan fingerprint density at radius 1 is 1.10 bits per heavy atom. The van der Waals surface area contributed by atoms with Crippen LogP contribution in [0.25, 0.3) is 11.0 Å². The Labute approximate surface area is 177 Å². The Bertz CT molecular complexity index is 1160. The Balaban J connectivity index is 1.51. The first-order valence-electron chi connectivity index (χ1n) is 9.23. The highest BCUT2D eigenvalue weighted by atomic mass is 35.5. The van der Waals surface area contributed by atoms with Crippen LogP contribution in [0.4, 0.5) is 21.8 Å². The number of halogens is 2. The predicted molar refractivity (Wildman–Crippen MR) is 115 cm³/mol. The number of hydrogen-bond donors (Lipinski definition) is 2. The van der Waals surface area contributed by atoms with Gasteiger partial charge in [0.25, 0.3) is 0 Å². The average Bonchev–Trinajstić information content (AvgIpc) is 2.76. The van der Waals surface area contributed by atoms with Gasteiger partial charge in [-0.3, -0.25) is 0 Å². The summed E-state index contributed by atoms with van der Waals surface area (Å²) in [5.41, 5.74) is 1.67. The molecule has 0 saturated carbocycles. The second-order valence-electron chi connectivity index (χ2n) is 6.57. The summed E-state index contributed by atoms with van der Waals surface area (Å²) < 4.78 is 19.2. The van der Waals surface area contributed by atoms with Gasteiger partial charge < -0.3 is 15.4 Å². The molecule has 2 aromatic heterocycles. The molecule has 2 aromatic carbocycles. The fourth-order valence-electron chi connectivity index (χ4n) is 2.73. The van der Waals surface area contributed by atoms with E-state index in [9.17, 15) is 4.39 Å². The van der Waals surface area contributed by atoms with Crippen molar-refractivity contribution in [1.82, 2.24) is 19.9 Å². The van der Waals surface area contributed by atoms with E-state index in [0.717, 1.165) is 5.75 Å². The number of rotatable bonds is 7. The van der Waals surface area contributed by atoms with Crippen molar-refractivity contribution in [1.29, 1.82) is 0 Å². The maximum atomic E-state index is 13.4. The van der Waals surface area contributed by atoms with Gasteiger partial charge in [-0.1, -0.05) is 29.8 Å². The predicted octanol–water partition coefficient (Wildman–Crippen LogP) is 4.84. The van der Waals surface area contributed by atoms with Gasteiger partial charge in [0, 0.05) is 5.69 Å². The third-order valence-electron chi connectivity index (χ3n) is 4.18.